The maximum absolute atomic E-state index is 12.0. The molecule has 23 heavy (non-hydrogen) atoms. The second-order valence-electron chi connectivity index (χ2n) is 6.57. The molecule has 1 atom stereocenters. The van der Waals surface area contributed by atoms with Crippen LogP contribution in [0.1, 0.15) is 32.8 Å². The van der Waals surface area contributed by atoms with E-state index < -0.39 is 10.5 Å². The fraction of sp³-hybridized carbons (Fsp3) is 0.562. The van der Waals surface area contributed by atoms with Gasteiger partial charge in [-0.1, -0.05) is 0 Å². The molecule has 126 valence electrons. The van der Waals surface area contributed by atoms with E-state index in [4.69, 9.17) is 9.47 Å². The first-order valence-electron chi connectivity index (χ1n) is 7.57. The Bertz CT molecular complexity index is 565. The molecule has 1 aliphatic heterocycles. The number of hydrogen-bond acceptors (Lipinski definition) is 5. The molecule has 1 heterocycles. The average molecular weight is 322 g/mol. The zero-order valence-electron chi connectivity index (χ0n) is 13.7. The molecule has 2 rings (SSSR count). The van der Waals surface area contributed by atoms with Gasteiger partial charge in [-0.25, -0.2) is 4.79 Å². The Kier molecular flexibility index (Phi) is 5.20. The van der Waals surface area contributed by atoms with Crippen molar-refractivity contribution in [3.63, 3.8) is 0 Å². The Morgan fingerprint density at radius 2 is 2.00 bits per heavy atom. The molecular formula is C16H22N2O5. The smallest absolute Gasteiger partial charge is 0.410 e. The molecule has 0 bridgehead atoms. The quantitative estimate of drug-likeness (QED) is 0.628. The monoisotopic (exact) mass is 322 g/mol. The molecule has 7 nitrogen and oxygen atoms in total. The largest absolute Gasteiger partial charge is 0.444 e. The van der Waals surface area contributed by atoms with Crippen LogP contribution < -0.4 is 0 Å². The zero-order chi connectivity index (χ0) is 17.0. The van der Waals surface area contributed by atoms with Gasteiger partial charge in [-0.15, -0.1) is 0 Å². The molecule has 1 fully saturated rings. The highest BCUT2D eigenvalue weighted by atomic mass is 16.6. The lowest BCUT2D eigenvalue weighted by molar-refractivity contribution is -0.384. The third-order valence-corrected chi connectivity index (χ3v) is 3.43. The summed E-state index contributed by atoms with van der Waals surface area (Å²) >= 11 is 0. The molecule has 1 aromatic carbocycles. The van der Waals surface area contributed by atoms with Crippen LogP contribution in [-0.4, -0.2) is 40.7 Å². The van der Waals surface area contributed by atoms with Crippen molar-refractivity contribution >= 4 is 11.8 Å². The fourth-order valence-corrected chi connectivity index (χ4v) is 2.28. The maximum Gasteiger partial charge on any atom is 0.410 e. The molecule has 1 aliphatic rings. The first-order valence-corrected chi connectivity index (χ1v) is 7.57. The first kappa shape index (κ1) is 17.2. The number of carbonyl (C=O) groups is 1. The van der Waals surface area contributed by atoms with E-state index in [0.717, 1.165) is 12.0 Å². The summed E-state index contributed by atoms with van der Waals surface area (Å²) in [6, 6.07) is 6.28. The maximum atomic E-state index is 12.0. The normalized spacial score (nSPS) is 18.0. The Morgan fingerprint density at radius 1 is 1.35 bits per heavy atom. The van der Waals surface area contributed by atoms with Gasteiger partial charge < -0.3 is 14.4 Å². The van der Waals surface area contributed by atoms with E-state index in [1.807, 2.05) is 20.8 Å². The van der Waals surface area contributed by atoms with Crippen LogP contribution in [0.5, 0.6) is 0 Å². The van der Waals surface area contributed by atoms with Gasteiger partial charge in [-0.05, 0) is 44.9 Å². The Labute approximate surface area is 135 Å². The summed E-state index contributed by atoms with van der Waals surface area (Å²) < 4.78 is 11.1. The van der Waals surface area contributed by atoms with Crippen molar-refractivity contribution in [3.8, 4) is 0 Å². The summed E-state index contributed by atoms with van der Waals surface area (Å²) in [5.74, 6) is 0. The molecular weight excluding hydrogens is 300 g/mol. The van der Waals surface area contributed by atoms with Gasteiger partial charge in [0.25, 0.3) is 5.69 Å². The van der Waals surface area contributed by atoms with Crippen molar-refractivity contribution in [2.75, 3.05) is 13.1 Å². The minimum Gasteiger partial charge on any atom is -0.444 e. The molecule has 0 spiro atoms. The van der Waals surface area contributed by atoms with Gasteiger partial charge in [0.05, 0.1) is 24.2 Å². The highest BCUT2D eigenvalue weighted by Gasteiger charge is 2.30. The topological polar surface area (TPSA) is 81.9 Å². The Balaban J connectivity index is 1.79. The number of likely N-dealkylation sites (tertiary alicyclic amines) is 1. The molecule has 0 aromatic heterocycles. The Hall–Kier alpha value is -2.15. The van der Waals surface area contributed by atoms with Crippen LogP contribution in [0.2, 0.25) is 0 Å². The Morgan fingerprint density at radius 3 is 2.57 bits per heavy atom. The number of nitrogens with zero attached hydrogens (tertiary/aromatic N) is 2. The number of amides is 1. The van der Waals surface area contributed by atoms with Crippen molar-refractivity contribution in [1.82, 2.24) is 4.90 Å². The molecule has 0 N–H and O–H groups in total. The molecule has 0 unspecified atom stereocenters. The number of carbonyl (C=O) groups excluding carboxylic acids is 1. The van der Waals surface area contributed by atoms with Gasteiger partial charge in [-0.2, -0.15) is 0 Å². The van der Waals surface area contributed by atoms with Gasteiger partial charge in [-0.3, -0.25) is 10.1 Å². The highest BCUT2D eigenvalue weighted by molar-refractivity contribution is 5.68. The molecule has 0 radical (unpaired) electrons. The summed E-state index contributed by atoms with van der Waals surface area (Å²) in [6.45, 7) is 6.99. The molecule has 0 aliphatic carbocycles. The van der Waals surface area contributed by atoms with E-state index >= 15 is 0 Å². The SMILES string of the molecule is CC(C)(C)OC(=O)N1CC[C@H](OCc2ccc([N+](=O)[O-])cc2)C1. The van der Waals surface area contributed by atoms with Crippen molar-refractivity contribution in [1.29, 1.82) is 0 Å². The number of rotatable bonds is 4. The number of hydrogen-bond donors (Lipinski definition) is 0. The summed E-state index contributed by atoms with van der Waals surface area (Å²) in [7, 11) is 0. The van der Waals surface area contributed by atoms with Crippen LogP contribution in [0.25, 0.3) is 0 Å². The number of non-ortho nitro benzene ring substituents is 1. The number of nitro groups is 1. The lowest BCUT2D eigenvalue weighted by Gasteiger charge is -2.24. The van der Waals surface area contributed by atoms with Gasteiger partial charge in [0.1, 0.15) is 5.60 Å². The number of ether oxygens (including phenoxy) is 2. The third kappa shape index (κ3) is 5.21. The predicted octanol–water partition coefficient (Wildman–Crippen LogP) is 3.12. The lowest BCUT2D eigenvalue weighted by Crippen LogP contribution is -2.36. The van der Waals surface area contributed by atoms with Gasteiger partial charge >= 0.3 is 6.09 Å². The molecule has 1 saturated heterocycles. The van der Waals surface area contributed by atoms with E-state index in [1.54, 1.807) is 17.0 Å². The van der Waals surface area contributed by atoms with Crippen LogP contribution in [0.3, 0.4) is 0 Å². The van der Waals surface area contributed by atoms with Gasteiger partial charge in [0.2, 0.25) is 0 Å². The molecule has 0 saturated carbocycles. The zero-order valence-corrected chi connectivity index (χ0v) is 13.7. The first-order chi connectivity index (χ1) is 10.7. The highest BCUT2D eigenvalue weighted by Crippen LogP contribution is 2.19. The second-order valence-corrected chi connectivity index (χ2v) is 6.57. The lowest BCUT2D eigenvalue weighted by atomic mass is 10.2. The van der Waals surface area contributed by atoms with E-state index in [1.165, 1.54) is 12.1 Å². The summed E-state index contributed by atoms with van der Waals surface area (Å²) in [4.78, 5) is 23.8. The molecule has 7 heteroatoms. The van der Waals surface area contributed by atoms with E-state index in [2.05, 4.69) is 0 Å². The standard InChI is InChI=1S/C16H22N2O5/c1-16(2,3)23-15(19)17-9-8-14(10-17)22-11-12-4-6-13(7-5-12)18(20)21/h4-7,14H,8-11H2,1-3H3/t14-/m0/s1. The van der Waals surface area contributed by atoms with E-state index in [9.17, 15) is 14.9 Å². The van der Waals surface area contributed by atoms with Crippen LogP contribution in [0.4, 0.5) is 10.5 Å². The van der Waals surface area contributed by atoms with Gasteiger partial charge in [0, 0.05) is 18.7 Å². The average Bonchev–Trinajstić information content (AvgIpc) is 2.93. The number of benzene rings is 1. The van der Waals surface area contributed by atoms with Gasteiger partial charge in [0.15, 0.2) is 0 Å². The summed E-state index contributed by atoms with van der Waals surface area (Å²) in [5, 5.41) is 10.6. The van der Waals surface area contributed by atoms with E-state index in [0.29, 0.717) is 19.7 Å². The summed E-state index contributed by atoms with van der Waals surface area (Å²) in [5.41, 5.74) is 0.423. The van der Waals surface area contributed by atoms with Crippen molar-refractivity contribution < 1.29 is 19.2 Å². The molecule has 1 amide bonds. The second kappa shape index (κ2) is 6.95. The minimum atomic E-state index is -0.505. The van der Waals surface area contributed by atoms with Crippen molar-refractivity contribution in [2.24, 2.45) is 0 Å². The van der Waals surface area contributed by atoms with E-state index in [-0.39, 0.29) is 17.9 Å². The fourth-order valence-electron chi connectivity index (χ4n) is 2.28. The van der Waals surface area contributed by atoms with Crippen molar-refractivity contribution in [3.05, 3.63) is 39.9 Å². The van der Waals surface area contributed by atoms with Crippen LogP contribution >= 0.6 is 0 Å². The molecule has 1 aromatic rings. The third-order valence-electron chi connectivity index (χ3n) is 3.43. The predicted molar refractivity (Wildman–Crippen MR) is 84.1 cm³/mol. The number of nitro benzene ring substituents is 1. The van der Waals surface area contributed by atoms with Crippen LogP contribution in [0, 0.1) is 10.1 Å². The van der Waals surface area contributed by atoms with Crippen LogP contribution in [0.15, 0.2) is 24.3 Å². The van der Waals surface area contributed by atoms with Crippen LogP contribution in [-0.2, 0) is 16.1 Å². The minimum absolute atomic E-state index is 0.0438. The summed E-state index contributed by atoms with van der Waals surface area (Å²) in [6.07, 6.45) is 0.392. The van der Waals surface area contributed by atoms with Crippen molar-refractivity contribution in [2.45, 2.75) is 45.5 Å².